The van der Waals surface area contributed by atoms with Crippen LogP contribution in [0.1, 0.15) is 56.8 Å². The molecule has 0 N–H and O–H groups in total. The quantitative estimate of drug-likeness (QED) is 0.773. The first-order valence-corrected chi connectivity index (χ1v) is 9.17. The lowest BCUT2D eigenvalue weighted by atomic mass is 9.85. The third kappa shape index (κ3) is 3.06. The number of hydrogen-bond acceptors (Lipinski definition) is 5. The highest BCUT2D eigenvalue weighted by Crippen LogP contribution is 2.40. The molecule has 2 bridgehead atoms. The second-order valence-corrected chi connectivity index (χ2v) is 8.32. The highest BCUT2D eigenvalue weighted by atomic mass is 16.6. The van der Waals surface area contributed by atoms with Gasteiger partial charge in [-0.3, -0.25) is 9.20 Å². The maximum absolute atomic E-state index is 13.0. The minimum Gasteiger partial charge on any atom is -0.444 e. The van der Waals surface area contributed by atoms with E-state index < -0.39 is 5.60 Å². The van der Waals surface area contributed by atoms with Crippen LogP contribution >= 0.6 is 0 Å². The topological polar surface area (TPSA) is 76.8 Å². The Hall–Kier alpha value is -2.44. The van der Waals surface area contributed by atoms with E-state index in [2.05, 4.69) is 10.2 Å². The predicted octanol–water partition coefficient (Wildman–Crippen LogP) is 3.09. The highest BCUT2D eigenvalue weighted by Gasteiger charge is 2.46. The fraction of sp³-hybridized carbons (Fsp3) is 0.579. The van der Waals surface area contributed by atoms with Gasteiger partial charge < -0.3 is 9.64 Å². The fourth-order valence-corrected chi connectivity index (χ4v) is 4.21. The number of hydrogen-bond donors (Lipinski definition) is 0. The van der Waals surface area contributed by atoms with E-state index in [0.29, 0.717) is 18.4 Å². The van der Waals surface area contributed by atoms with E-state index in [4.69, 9.17) is 4.74 Å². The molecule has 1 amide bonds. The summed E-state index contributed by atoms with van der Waals surface area (Å²) in [7, 11) is 0. The average molecular weight is 356 g/mol. The van der Waals surface area contributed by atoms with Gasteiger partial charge in [-0.05, 0) is 58.6 Å². The lowest BCUT2D eigenvalue weighted by molar-refractivity contribution is 0.00254. The zero-order valence-electron chi connectivity index (χ0n) is 15.4. The van der Waals surface area contributed by atoms with Gasteiger partial charge in [-0.1, -0.05) is 0 Å². The molecular formula is C19H24N4O3. The van der Waals surface area contributed by atoms with Gasteiger partial charge in [-0.15, -0.1) is 10.2 Å². The van der Waals surface area contributed by atoms with Crippen LogP contribution in [0.2, 0.25) is 0 Å². The molecule has 4 rings (SSSR count). The van der Waals surface area contributed by atoms with Crippen LogP contribution in [0.15, 0.2) is 24.7 Å². The molecule has 2 fully saturated rings. The number of nitrogens with zero attached hydrogens (tertiary/aromatic N) is 4. The van der Waals surface area contributed by atoms with Crippen molar-refractivity contribution < 1.29 is 14.3 Å². The Balaban J connectivity index is 1.49. The van der Waals surface area contributed by atoms with Crippen LogP contribution in [0, 0.1) is 5.92 Å². The standard InChI is InChI=1S/C19H24N4O3/c1-19(2,3)26-18(25)23-14-5-6-15(23)9-13(8-14)17(24)12-4-7-16-21-20-11-22(16)10-12/h4,7,10-11,13-15H,5-6,8-9H2,1-3H3. The van der Waals surface area contributed by atoms with Crippen LogP contribution in [0.5, 0.6) is 0 Å². The molecular weight excluding hydrogens is 332 g/mol. The van der Waals surface area contributed by atoms with E-state index in [1.165, 1.54) is 0 Å². The second kappa shape index (κ2) is 6.07. The summed E-state index contributed by atoms with van der Waals surface area (Å²) in [6, 6.07) is 3.81. The number of piperidine rings is 1. The Morgan fingerprint density at radius 1 is 1.15 bits per heavy atom. The van der Waals surface area contributed by atoms with Crippen LogP contribution in [-0.4, -0.2) is 49.1 Å². The number of amides is 1. The summed E-state index contributed by atoms with van der Waals surface area (Å²) in [4.78, 5) is 27.4. The van der Waals surface area contributed by atoms with Gasteiger partial charge in [0.2, 0.25) is 0 Å². The van der Waals surface area contributed by atoms with E-state index in [9.17, 15) is 9.59 Å². The number of rotatable bonds is 2. The first-order chi connectivity index (χ1) is 12.3. The largest absolute Gasteiger partial charge is 0.444 e. The summed E-state index contributed by atoms with van der Waals surface area (Å²) in [5.41, 5.74) is 0.894. The summed E-state index contributed by atoms with van der Waals surface area (Å²) in [5.74, 6) is 0.0847. The molecule has 2 aromatic rings. The van der Waals surface area contributed by atoms with Gasteiger partial charge in [0.1, 0.15) is 11.9 Å². The smallest absolute Gasteiger partial charge is 0.410 e. The zero-order chi connectivity index (χ0) is 18.5. The third-order valence-electron chi connectivity index (χ3n) is 5.28. The van der Waals surface area contributed by atoms with Crippen molar-refractivity contribution in [1.82, 2.24) is 19.5 Å². The van der Waals surface area contributed by atoms with Crippen molar-refractivity contribution in [2.45, 2.75) is 64.1 Å². The molecule has 138 valence electrons. The van der Waals surface area contributed by atoms with Gasteiger partial charge >= 0.3 is 6.09 Å². The van der Waals surface area contributed by atoms with Crippen LogP contribution in [0.3, 0.4) is 0 Å². The molecule has 2 atom stereocenters. The number of aromatic nitrogens is 3. The fourth-order valence-electron chi connectivity index (χ4n) is 4.21. The Morgan fingerprint density at radius 2 is 1.85 bits per heavy atom. The van der Waals surface area contributed by atoms with E-state index in [1.807, 2.05) is 37.8 Å². The Kier molecular flexibility index (Phi) is 3.97. The van der Waals surface area contributed by atoms with Crippen molar-refractivity contribution in [3.05, 3.63) is 30.2 Å². The second-order valence-electron chi connectivity index (χ2n) is 8.32. The summed E-state index contributed by atoms with van der Waals surface area (Å²) in [6.45, 7) is 5.64. The van der Waals surface area contributed by atoms with Crippen LogP contribution in [-0.2, 0) is 4.74 Å². The Labute approximate surface area is 152 Å². The molecule has 0 aromatic carbocycles. The van der Waals surface area contributed by atoms with Crippen LogP contribution < -0.4 is 0 Å². The number of ketones is 1. The van der Waals surface area contributed by atoms with E-state index in [-0.39, 0.29) is 29.9 Å². The van der Waals surface area contributed by atoms with E-state index in [0.717, 1.165) is 18.5 Å². The lowest BCUT2D eigenvalue weighted by Gasteiger charge is -2.39. The minimum absolute atomic E-state index is 0.0554. The molecule has 2 unspecified atom stereocenters. The minimum atomic E-state index is -0.503. The normalized spacial score (nSPS) is 25.5. The SMILES string of the molecule is CC(C)(C)OC(=O)N1C2CCC1CC(C(=O)c1ccc3nncn3c1)C2. The van der Waals surface area contributed by atoms with Gasteiger partial charge in [0.15, 0.2) is 11.4 Å². The number of Topliss-reactive ketones (excluding diaryl/α,β-unsaturated/α-hetero) is 1. The van der Waals surface area contributed by atoms with Crippen LogP contribution in [0.4, 0.5) is 4.79 Å². The maximum atomic E-state index is 13.0. The van der Waals surface area contributed by atoms with Gasteiger partial charge in [0.05, 0.1) is 0 Å². The van der Waals surface area contributed by atoms with Crippen molar-refractivity contribution in [3.63, 3.8) is 0 Å². The van der Waals surface area contributed by atoms with Gasteiger partial charge in [0, 0.05) is 29.8 Å². The number of carbonyl (C=O) groups excluding carboxylic acids is 2. The molecule has 4 heterocycles. The molecule has 2 aliphatic heterocycles. The molecule has 7 heteroatoms. The highest BCUT2D eigenvalue weighted by molar-refractivity contribution is 5.98. The summed E-state index contributed by atoms with van der Waals surface area (Å²) in [6.07, 6.45) is 6.43. The molecule has 7 nitrogen and oxygen atoms in total. The molecule has 2 aromatic heterocycles. The molecule has 0 spiro atoms. The van der Waals surface area contributed by atoms with Crippen LogP contribution in [0.25, 0.3) is 5.65 Å². The first kappa shape index (κ1) is 17.0. The zero-order valence-corrected chi connectivity index (χ0v) is 15.4. The van der Waals surface area contributed by atoms with Crippen molar-refractivity contribution in [1.29, 1.82) is 0 Å². The monoisotopic (exact) mass is 356 g/mol. The number of carbonyl (C=O) groups is 2. The number of fused-ring (bicyclic) bond motifs is 3. The third-order valence-corrected chi connectivity index (χ3v) is 5.28. The van der Waals surface area contributed by atoms with Crippen molar-refractivity contribution in [2.24, 2.45) is 5.92 Å². The van der Waals surface area contributed by atoms with Gasteiger partial charge in [-0.25, -0.2) is 4.79 Å². The van der Waals surface area contributed by atoms with E-state index in [1.54, 1.807) is 16.9 Å². The lowest BCUT2D eigenvalue weighted by Crippen LogP contribution is -2.49. The van der Waals surface area contributed by atoms with Crippen molar-refractivity contribution >= 4 is 17.5 Å². The molecule has 2 saturated heterocycles. The first-order valence-electron chi connectivity index (χ1n) is 9.17. The molecule has 2 aliphatic rings. The Bertz CT molecular complexity index is 840. The van der Waals surface area contributed by atoms with Gasteiger partial charge in [0.25, 0.3) is 0 Å². The maximum Gasteiger partial charge on any atom is 0.410 e. The summed E-state index contributed by atoms with van der Waals surface area (Å²) in [5, 5.41) is 7.82. The summed E-state index contributed by atoms with van der Waals surface area (Å²) < 4.78 is 7.32. The number of pyridine rings is 1. The number of ether oxygens (including phenoxy) is 1. The summed E-state index contributed by atoms with van der Waals surface area (Å²) >= 11 is 0. The molecule has 0 saturated carbocycles. The predicted molar refractivity (Wildman–Crippen MR) is 94.9 cm³/mol. The Morgan fingerprint density at radius 3 is 2.50 bits per heavy atom. The molecule has 0 radical (unpaired) electrons. The van der Waals surface area contributed by atoms with Crippen molar-refractivity contribution in [2.75, 3.05) is 0 Å². The van der Waals surface area contributed by atoms with Gasteiger partial charge in [-0.2, -0.15) is 0 Å². The molecule has 0 aliphatic carbocycles. The molecule has 26 heavy (non-hydrogen) atoms. The van der Waals surface area contributed by atoms with E-state index >= 15 is 0 Å². The van der Waals surface area contributed by atoms with Crippen molar-refractivity contribution in [3.8, 4) is 0 Å². The average Bonchev–Trinajstić information content (AvgIpc) is 3.14.